The van der Waals surface area contributed by atoms with Crippen molar-refractivity contribution in [2.45, 2.75) is 6.92 Å². The van der Waals surface area contributed by atoms with Gasteiger partial charge in [-0.1, -0.05) is 66.6 Å². The highest BCUT2D eigenvalue weighted by atomic mass is 31.1. The molecule has 0 saturated carbocycles. The fourth-order valence-corrected chi connectivity index (χ4v) is 3.75. The summed E-state index contributed by atoms with van der Waals surface area (Å²) in [6, 6.07) is 21.4. The Kier molecular flexibility index (Phi) is 4.37. The fraction of sp³-hybridized carbons (Fsp3) is 0.125. The van der Waals surface area contributed by atoms with E-state index in [2.05, 4.69) is 72.5 Å². The van der Waals surface area contributed by atoms with E-state index < -0.39 is 0 Å². The largest absolute Gasteiger partial charge is 0.106 e. The first-order valence-electron chi connectivity index (χ1n) is 5.69. The molecule has 0 spiro atoms. The Balaban J connectivity index is 2.34. The first kappa shape index (κ1) is 11.9. The third-order valence-corrected chi connectivity index (χ3v) is 4.87. The molecule has 0 radical (unpaired) electrons. The lowest BCUT2D eigenvalue weighted by Crippen LogP contribution is -2.13. The van der Waals surface area contributed by atoms with Crippen molar-refractivity contribution in [3.8, 4) is 11.8 Å². The lowest BCUT2D eigenvalue weighted by Gasteiger charge is -2.15. The van der Waals surface area contributed by atoms with Gasteiger partial charge >= 0.3 is 0 Å². The summed E-state index contributed by atoms with van der Waals surface area (Å²) in [6.45, 7) is 1.91. The van der Waals surface area contributed by atoms with Gasteiger partial charge in [-0.2, -0.15) is 0 Å². The van der Waals surface area contributed by atoms with Gasteiger partial charge in [0.05, 0.1) is 0 Å². The van der Waals surface area contributed by atoms with Crippen LogP contribution in [0.5, 0.6) is 0 Å². The molecular formula is C16H15P. The van der Waals surface area contributed by atoms with Crippen molar-refractivity contribution in [1.29, 1.82) is 0 Å². The van der Waals surface area contributed by atoms with Crippen LogP contribution in [0.1, 0.15) is 6.92 Å². The average molecular weight is 238 g/mol. The van der Waals surface area contributed by atoms with Gasteiger partial charge < -0.3 is 0 Å². The zero-order valence-corrected chi connectivity index (χ0v) is 10.8. The van der Waals surface area contributed by atoms with Gasteiger partial charge in [0.15, 0.2) is 0 Å². The first-order chi connectivity index (χ1) is 8.42. The fourth-order valence-electron chi connectivity index (χ4n) is 1.71. The van der Waals surface area contributed by atoms with Crippen molar-refractivity contribution in [3.63, 3.8) is 0 Å². The molecule has 0 aliphatic rings. The molecule has 2 aromatic rings. The smallest absolute Gasteiger partial charge is 0.0372 e. The Morgan fingerprint density at radius 3 is 1.71 bits per heavy atom. The normalized spacial score (nSPS) is 9.76. The van der Waals surface area contributed by atoms with E-state index in [-0.39, 0.29) is 7.92 Å². The molecule has 0 bridgehead atoms. The van der Waals surface area contributed by atoms with Crippen molar-refractivity contribution in [3.05, 3.63) is 60.7 Å². The molecule has 0 fully saturated rings. The SMILES string of the molecule is CC#CCP(c1ccccc1)c1ccccc1. The van der Waals surface area contributed by atoms with E-state index in [1.54, 1.807) is 0 Å². The van der Waals surface area contributed by atoms with Gasteiger partial charge in [-0.25, -0.2) is 0 Å². The number of rotatable bonds is 3. The third-order valence-electron chi connectivity index (χ3n) is 2.55. The summed E-state index contributed by atoms with van der Waals surface area (Å²) in [6.07, 6.45) is 0.944. The standard InChI is InChI=1S/C16H15P/c1-2-3-14-17(15-10-6-4-7-11-15)16-12-8-5-9-13-16/h4-13H,14H2,1H3. The lowest BCUT2D eigenvalue weighted by molar-refractivity contribution is 1.72. The number of hydrogen-bond donors (Lipinski definition) is 0. The van der Waals surface area contributed by atoms with Crippen LogP contribution in [-0.2, 0) is 0 Å². The Hall–Kier alpha value is -1.57. The highest BCUT2D eigenvalue weighted by Crippen LogP contribution is 2.32. The van der Waals surface area contributed by atoms with E-state index in [0.29, 0.717) is 0 Å². The van der Waals surface area contributed by atoms with E-state index in [9.17, 15) is 0 Å². The minimum Gasteiger partial charge on any atom is -0.106 e. The molecule has 0 nitrogen and oxygen atoms in total. The van der Waals surface area contributed by atoms with Crippen molar-refractivity contribution in [2.75, 3.05) is 6.16 Å². The second-order valence-electron chi connectivity index (χ2n) is 3.68. The van der Waals surface area contributed by atoms with Gasteiger partial charge in [0, 0.05) is 6.16 Å². The van der Waals surface area contributed by atoms with Crippen LogP contribution in [0, 0.1) is 11.8 Å². The average Bonchev–Trinajstić information content (AvgIpc) is 2.42. The van der Waals surface area contributed by atoms with E-state index in [1.807, 2.05) is 6.92 Å². The van der Waals surface area contributed by atoms with Crippen LogP contribution < -0.4 is 10.6 Å². The van der Waals surface area contributed by atoms with Crippen LogP contribution in [0.15, 0.2) is 60.7 Å². The van der Waals surface area contributed by atoms with Crippen LogP contribution >= 0.6 is 7.92 Å². The van der Waals surface area contributed by atoms with Gasteiger partial charge in [0.25, 0.3) is 0 Å². The lowest BCUT2D eigenvalue weighted by atomic mass is 10.4. The van der Waals surface area contributed by atoms with Gasteiger partial charge in [-0.05, 0) is 25.5 Å². The Morgan fingerprint density at radius 2 is 1.29 bits per heavy atom. The summed E-state index contributed by atoms with van der Waals surface area (Å²) in [7, 11) is -0.330. The van der Waals surface area contributed by atoms with Crippen molar-refractivity contribution >= 4 is 18.5 Å². The van der Waals surface area contributed by atoms with E-state index in [4.69, 9.17) is 0 Å². The molecule has 0 aliphatic carbocycles. The predicted octanol–water partition coefficient (Wildman–Crippen LogP) is 3.14. The van der Waals surface area contributed by atoms with Crippen LogP contribution in [0.2, 0.25) is 0 Å². The van der Waals surface area contributed by atoms with E-state index in [1.165, 1.54) is 10.6 Å². The van der Waals surface area contributed by atoms with Crippen LogP contribution in [0.4, 0.5) is 0 Å². The Morgan fingerprint density at radius 1 is 0.824 bits per heavy atom. The summed E-state index contributed by atoms with van der Waals surface area (Å²) in [4.78, 5) is 0. The van der Waals surface area contributed by atoms with E-state index >= 15 is 0 Å². The number of hydrogen-bond acceptors (Lipinski definition) is 0. The maximum atomic E-state index is 3.22. The molecule has 84 valence electrons. The van der Waals surface area contributed by atoms with Crippen molar-refractivity contribution in [2.24, 2.45) is 0 Å². The topological polar surface area (TPSA) is 0 Å². The van der Waals surface area contributed by atoms with Crippen molar-refractivity contribution in [1.82, 2.24) is 0 Å². The molecule has 17 heavy (non-hydrogen) atoms. The minimum atomic E-state index is -0.330. The Bertz CT molecular complexity index is 466. The molecule has 0 N–H and O–H groups in total. The maximum absolute atomic E-state index is 3.22. The third kappa shape index (κ3) is 3.19. The minimum absolute atomic E-state index is 0.330. The zero-order chi connectivity index (χ0) is 11.9. The van der Waals surface area contributed by atoms with Crippen molar-refractivity contribution < 1.29 is 0 Å². The van der Waals surface area contributed by atoms with Gasteiger partial charge in [0.2, 0.25) is 0 Å². The highest BCUT2D eigenvalue weighted by molar-refractivity contribution is 7.73. The van der Waals surface area contributed by atoms with Gasteiger partial charge in [-0.3, -0.25) is 0 Å². The molecular weight excluding hydrogens is 223 g/mol. The van der Waals surface area contributed by atoms with Crippen LogP contribution in [0.25, 0.3) is 0 Å². The molecule has 0 saturated heterocycles. The molecule has 0 unspecified atom stereocenters. The molecule has 0 amide bonds. The molecule has 2 aromatic carbocycles. The summed E-state index contributed by atoms with van der Waals surface area (Å²) < 4.78 is 0. The molecule has 0 aromatic heterocycles. The molecule has 0 atom stereocenters. The predicted molar refractivity (Wildman–Crippen MR) is 77.4 cm³/mol. The summed E-state index contributed by atoms with van der Waals surface area (Å²) in [5, 5.41) is 2.80. The first-order valence-corrected chi connectivity index (χ1v) is 7.22. The monoisotopic (exact) mass is 238 g/mol. The molecule has 2 rings (SSSR count). The summed E-state index contributed by atoms with van der Waals surface area (Å²) >= 11 is 0. The van der Waals surface area contributed by atoms with E-state index in [0.717, 1.165) is 6.16 Å². The number of benzene rings is 2. The quantitative estimate of drug-likeness (QED) is 0.569. The highest BCUT2D eigenvalue weighted by Gasteiger charge is 2.11. The molecule has 0 aliphatic heterocycles. The van der Waals surface area contributed by atoms with Crippen LogP contribution in [0.3, 0.4) is 0 Å². The second kappa shape index (κ2) is 6.24. The van der Waals surface area contributed by atoms with Gasteiger partial charge in [-0.15, -0.1) is 5.92 Å². The molecule has 0 heterocycles. The summed E-state index contributed by atoms with van der Waals surface area (Å²) in [5.41, 5.74) is 0. The second-order valence-corrected chi connectivity index (χ2v) is 5.89. The summed E-state index contributed by atoms with van der Waals surface area (Å²) in [5.74, 6) is 6.23. The maximum Gasteiger partial charge on any atom is 0.0372 e. The zero-order valence-electron chi connectivity index (χ0n) is 9.93. The Labute approximate surface area is 104 Å². The molecule has 1 heteroatoms. The van der Waals surface area contributed by atoms with Crippen LogP contribution in [-0.4, -0.2) is 6.16 Å². The van der Waals surface area contributed by atoms with Gasteiger partial charge in [0.1, 0.15) is 0 Å².